The zero-order valence-corrected chi connectivity index (χ0v) is 13.2. The molecule has 1 aromatic carbocycles. The van der Waals surface area contributed by atoms with Crippen LogP contribution in [0.15, 0.2) is 24.3 Å². The summed E-state index contributed by atoms with van der Waals surface area (Å²) in [6.45, 7) is 4.65. The maximum atomic E-state index is 12.1. The van der Waals surface area contributed by atoms with Gasteiger partial charge in [0.15, 0.2) is 0 Å². The monoisotopic (exact) mass is 309 g/mol. The molecule has 6 nitrogen and oxygen atoms in total. The maximum Gasteiger partial charge on any atom is 0.326 e. The van der Waals surface area contributed by atoms with Crippen LogP contribution >= 0.6 is 0 Å². The highest BCUT2D eigenvalue weighted by Gasteiger charge is 2.20. The second-order valence-corrected chi connectivity index (χ2v) is 5.20. The van der Waals surface area contributed by atoms with Crippen LogP contribution in [0.5, 0.6) is 0 Å². The van der Waals surface area contributed by atoms with Crippen molar-refractivity contribution in [2.24, 2.45) is 0 Å². The van der Waals surface area contributed by atoms with E-state index in [0.717, 1.165) is 5.56 Å². The summed E-state index contributed by atoms with van der Waals surface area (Å²) in [6.07, 6.45) is 0.359. The number of aliphatic carboxylic acids is 1. The van der Waals surface area contributed by atoms with Gasteiger partial charge in [-0.15, -0.1) is 0 Å². The maximum absolute atomic E-state index is 12.1. The molecule has 1 atom stereocenters. The minimum Gasteiger partial charge on any atom is -0.480 e. The van der Waals surface area contributed by atoms with Crippen LogP contribution in [-0.4, -0.2) is 42.8 Å². The van der Waals surface area contributed by atoms with Gasteiger partial charge in [-0.25, -0.2) is 4.79 Å². The number of rotatable bonds is 9. The number of carboxylic acid groups (broad SMARTS) is 1. The van der Waals surface area contributed by atoms with E-state index in [4.69, 9.17) is 14.6 Å². The van der Waals surface area contributed by atoms with Crippen LogP contribution in [-0.2, 0) is 20.9 Å². The molecule has 1 amide bonds. The van der Waals surface area contributed by atoms with Gasteiger partial charge >= 0.3 is 5.97 Å². The van der Waals surface area contributed by atoms with Gasteiger partial charge in [-0.05, 0) is 31.5 Å². The van der Waals surface area contributed by atoms with Gasteiger partial charge in [0.05, 0.1) is 12.7 Å². The van der Waals surface area contributed by atoms with Crippen molar-refractivity contribution >= 4 is 11.9 Å². The average Bonchev–Trinajstić information content (AvgIpc) is 2.49. The Balaban J connectivity index is 2.62. The highest BCUT2D eigenvalue weighted by Crippen LogP contribution is 2.08. The van der Waals surface area contributed by atoms with E-state index in [1.807, 2.05) is 13.8 Å². The van der Waals surface area contributed by atoms with Crippen molar-refractivity contribution in [3.8, 4) is 0 Å². The Labute approximate surface area is 130 Å². The van der Waals surface area contributed by atoms with Crippen molar-refractivity contribution < 1.29 is 24.2 Å². The average molecular weight is 309 g/mol. The minimum atomic E-state index is -1.08. The predicted octanol–water partition coefficient (Wildman–Crippen LogP) is 1.83. The summed E-state index contributed by atoms with van der Waals surface area (Å²) < 4.78 is 10.3. The SMILES string of the molecule is COCCC(NC(=O)c1ccc(COC(C)C)cc1)C(=O)O. The second-order valence-electron chi connectivity index (χ2n) is 5.20. The summed E-state index contributed by atoms with van der Waals surface area (Å²) in [5.74, 6) is -1.49. The molecule has 0 spiro atoms. The first kappa shape index (κ1) is 18.1. The lowest BCUT2D eigenvalue weighted by Gasteiger charge is -2.14. The van der Waals surface area contributed by atoms with E-state index in [1.165, 1.54) is 7.11 Å². The van der Waals surface area contributed by atoms with Crippen LogP contribution in [0, 0.1) is 0 Å². The van der Waals surface area contributed by atoms with Gasteiger partial charge in [-0.1, -0.05) is 12.1 Å². The van der Waals surface area contributed by atoms with Gasteiger partial charge in [-0.3, -0.25) is 4.79 Å². The largest absolute Gasteiger partial charge is 0.480 e. The van der Waals surface area contributed by atoms with E-state index < -0.39 is 17.9 Å². The number of carbonyl (C=O) groups excluding carboxylic acids is 1. The quantitative estimate of drug-likeness (QED) is 0.727. The number of hydrogen-bond acceptors (Lipinski definition) is 4. The van der Waals surface area contributed by atoms with Crippen molar-refractivity contribution in [1.82, 2.24) is 5.32 Å². The fourth-order valence-corrected chi connectivity index (χ4v) is 1.75. The molecule has 0 aliphatic rings. The Bertz CT molecular complexity index is 484. The van der Waals surface area contributed by atoms with Gasteiger partial charge in [0.25, 0.3) is 5.91 Å². The first-order valence-electron chi connectivity index (χ1n) is 7.17. The summed E-state index contributed by atoms with van der Waals surface area (Å²) in [6, 6.07) is 5.94. The van der Waals surface area contributed by atoms with E-state index in [-0.39, 0.29) is 19.1 Å². The molecule has 0 bridgehead atoms. The van der Waals surface area contributed by atoms with E-state index in [0.29, 0.717) is 12.2 Å². The molecule has 22 heavy (non-hydrogen) atoms. The van der Waals surface area contributed by atoms with Crippen LogP contribution in [0.3, 0.4) is 0 Å². The number of carbonyl (C=O) groups is 2. The summed E-state index contributed by atoms with van der Waals surface area (Å²) >= 11 is 0. The summed E-state index contributed by atoms with van der Waals surface area (Å²) in [4.78, 5) is 23.1. The molecular weight excluding hydrogens is 286 g/mol. The van der Waals surface area contributed by atoms with Crippen LogP contribution in [0.1, 0.15) is 36.2 Å². The lowest BCUT2D eigenvalue weighted by Crippen LogP contribution is -2.41. The first-order chi connectivity index (χ1) is 10.4. The topological polar surface area (TPSA) is 84.9 Å². The number of carboxylic acids is 1. The zero-order valence-electron chi connectivity index (χ0n) is 13.2. The van der Waals surface area contributed by atoms with Crippen molar-refractivity contribution in [1.29, 1.82) is 0 Å². The first-order valence-corrected chi connectivity index (χ1v) is 7.17. The fourth-order valence-electron chi connectivity index (χ4n) is 1.75. The fraction of sp³-hybridized carbons (Fsp3) is 0.500. The number of hydrogen-bond donors (Lipinski definition) is 2. The highest BCUT2D eigenvalue weighted by molar-refractivity contribution is 5.96. The number of methoxy groups -OCH3 is 1. The van der Waals surface area contributed by atoms with E-state index in [9.17, 15) is 9.59 Å². The van der Waals surface area contributed by atoms with Crippen LogP contribution < -0.4 is 5.32 Å². The van der Waals surface area contributed by atoms with Gasteiger partial charge in [0.1, 0.15) is 6.04 Å². The normalized spacial score (nSPS) is 12.2. The molecular formula is C16H23NO5. The molecule has 0 radical (unpaired) electrons. The zero-order chi connectivity index (χ0) is 16.5. The third kappa shape index (κ3) is 6.24. The Kier molecular flexibility index (Phi) is 7.56. The molecule has 2 N–H and O–H groups in total. The molecule has 0 aliphatic heterocycles. The molecule has 0 saturated carbocycles. The Hall–Kier alpha value is -1.92. The van der Waals surface area contributed by atoms with E-state index in [1.54, 1.807) is 24.3 Å². The Morgan fingerprint density at radius 1 is 1.23 bits per heavy atom. The predicted molar refractivity (Wildman–Crippen MR) is 81.8 cm³/mol. The van der Waals surface area contributed by atoms with Crippen molar-refractivity contribution in [3.63, 3.8) is 0 Å². The third-order valence-corrected chi connectivity index (χ3v) is 3.01. The van der Waals surface area contributed by atoms with Crippen molar-refractivity contribution in [3.05, 3.63) is 35.4 Å². The molecule has 1 unspecified atom stereocenters. The van der Waals surface area contributed by atoms with Crippen LogP contribution in [0.4, 0.5) is 0 Å². The van der Waals surface area contributed by atoms with Crippen LogP contribution in [0.2, 0.25) is 0 Å². The van der Waals surface area contributed by atoms with Gasteiger partial charge in [0, 0.05) is 25.7 Å². The molecule has 0 aliphatic carbocycles. The molecule has 0 fully saturated rings. The second kappa shape index (κ2) is 9.17. The minimum absolute atomic E-state index is 0.139. The molecule has 0 saturated heterocycles. The third-order valence-electron chi connectivity index (χ3n) is 3.01. The van der Waals surface area contributed by atoms with E-state index >= 15 is 0 Å². The summed E-state index contributed by atoms with van der Waals surface area (Å²) in [7, 11) is 1.48. The molecule has 1 aromatic rings. The van der Waals surface area contributed by atoms with Gasteiger partial charge < -0.3 is 19.9 Å². The molecule has 1 rings (SSSR count). The number of ether oxygens (including phenoxy) is 2. The molecule has 0 heterocycles. The standard InChI is InChI=1S/C16H23NO5/c1-11(2)22-10-12-4-6-13(7-5-12)15(18)17-14(16(19)20)8-9-21-3/h4-7,11,14H,8-10H2,1-3H3,(H,17,18)(H,19,20). The number of nitrogens with one attached hydrogen (secondary N) is 1. The van der Waals surface area contributed by atoms with Gasteiger partial charge in [0.2, 0.25) is 0 Å². The van der Waals surface area contributed by atoms with Gasteiger partial charge in [-0.2, -0.15) is 0 Å². The molecule has 122 valence electrons. The van der Waals surface area contributed by atoms with E-state index in [2.05, 4.69) is 5.32 Å². The summed E-state index contributed by atoms with van der Waals surface area (Å²) in [5, 5.41) is 11.6. The van der Waals surface area contributed by atoms with Crippen molar-refractivity contribution in [2.75, 3.05) is 13.7 Å². The molecule has 6 heteroatoms. The highest BCUT2D eigenvalue weighted by atomic mass is 16.5. The summed E-state index contributed by atoms with van der Waals surface area (Å²) in [5.41, 5.74) is 1.37. The van der Waals surface area contributed by atoms with Crippen LogP contribution in [0.25, 0.3) is 0 Å². The number of amides is 1. The smallest absolute Gasteiger partial charge is 0.326 e. The number of benzene rings is 1. The molecule has 0 aromatic heterocycles. The Morgan fingerprint density at radius 3 is 2.36 bits per heavy atom. The Morgan fingerprint density at radius 2 is 1.86 bits per heavy atom. The van der Waals surface area contributed by atoms with Crippen molar-refractivity contribution in [2.45, 2.75) is 39.0 Å². The lowest BCUT2D eigenvalue weighted by molar-refractivity contribution is -0.139. The lowest BCUT2D eigenvalue weighted by atomic mass is 10.1.